The van der Waals surface area contributed by atoms with Crippen molar-refractivity contribution in [1.29, 1.82) is 0 Å². The van der Waals surface area contributed by atoms with Crippen LogP contribution >= 0.6 is 11.8 Å². The second-order valence-electron chi connectivity index (χ2n) is 8.61. The van der Waals surface area contributed by atoms with Crippen LogP contribution in [-0.2, 0) is 4.79 Å². The van der Waals surface area contributed by atoms with Crippen molar-refractivity contribution < 1.29 is 13.9 Å². The van der Waals surface area contributed by atoms with E-state index < -0.39 is 0 Å². The van der Waals surface area contributed by atoms with Crippen molar-refractivity contribution in [3.05, 3.63) is 24.3 Å². The van der Waals surface area contributed by atoms with Gasteiger partial charge in [-0.1, -0.05) is 23.9 Å². The predicted octanol–water partition coefficient (Wildman–Crippen LogP) is 3.92. The molecule has 148 valence electrons. The highest BCUT2D eigenvalue weighted by molar-refractivity contribution is 7.99. The second kappa shape index (κ2) is 7.10. The maximum atomic E-state index is 12.6. The van der Waals surface area contributed by atoms with Gasteiger partial charge in [-0.2, -0.15) is 0 Å². The van der Waals surface area contributed by atoms with Crippen molar-refractivity contribution >= 4 is 17.7 Å². The quantitative estimate of drug-likeness (QED) is 0.742. The Balaban J connectivity index is 1.20. The van der Waals surface area contributed by atoms with Gasteiger partial charge in [0.05, 0.1) is 18.4 Å². The molecule has 1 amide bonds. The monoisotopic (exact) mass is 399 g/mol. The van der Waals surface area contributed by atoms with Gasteiger partial charge in [0.2, 0.25) is 5.91 Å². The highest BCUT2D eigenvalue weighted by Gasteiger charge is 2.51. The molecule has 1 aromatic carbocycles. The molecule has 0 unspecified atom stereocenters. The van der Waals surface area contributed by atoms with Crippen molar-refractivity contribution in [1.82, 2.24) is 15.5 Å². The zero-order chi connectivity index (χ0) is 19.1. The number of hydrogen-bond acceptors (Lipinski definition) is 6. The van der Waals surface area contributed by atoms with E-state index in [1.807, 2.05) is 24.3 Å². The van der Waals surface area contributed by atoms with E-state index in [4.69, 9.17) is 9.15 Å². The Hall–Kier alpha value is -2.02. The summed E-state index contributed by atoms with van der Waals surface area (Å²) < 4.78 is 11.1. The first kappa shape index (κ1) is 18.0. The van der Waals surface area contributed by atoms with E-state index in [0.29, 0.717) is 22.6 Å². The van der Waals surface area contributed by atoms with Gasteiger partial charge in [0, 0.05) is 5.54 Å². The first-order valence-electron chi connectivity index (χ1n) is 10.0. The van der Waals surface area contributed by atoms with Crippen LogP contribution in [0, 0.1) is 17.8 Å². The van der Waals surface area contributed by atoms with Crippen LogP contribution in [0.25, 0.3) is 11.5 Å². The molecule has 7 heteroatoms. The molecule has 0 radical (unpaired) electrons. The first-order chi connectivity index (χ1) is 13.6. The standard InChI is InChI=1S/C21H25N3O3S/c1-26-17-5-3-2-4-16(17)19-23-24-20(27-19)28-12-18(25)22-21-9-13-6-14(10-21)8-15(7-13)11-21/h2-5,13-15H,6-12H2,1H3,(H,22,25). The molecule has 0 atom stereocenters. The Morgan fingerprint density at radius 2 is 1.86 bits per heavy atom. The van der Waals surface area contributed by atoms with Gasteiger partial charge in [0.15, 0.2) is 0 Å². The molecule has 1 N–H and O–H groups in total. The normalized spacial score (nSPS) is 30.4. The number of carbonyl (C=O) groups excluding carboxylic acids is 1. The third-order valence-electron chi connectivity index (χ3n) is 6.51. The fourth-order valence-corrected chi connectivity index (χ4v) is 6.48. The van der Waals surface area contributed by atoms with Crippen molar-refractivity contribution in [2.24, 2.45) is 17.8 Å². The molecule has 4 aliphatic rings. The number of hydrogen-bond donors (Lipinski definition) is 1. The van der Waals surface area contributed by atoms with Crippen LogP contribution in [0.3, 0.4) is 0 Å². The molecule has 28 heavy (non-hydrogen) atoms. The number of ether oxygens (including phenoxy) is 1. The highest BCUT2D eigenvalue weighted by Crippen LogP contribution is 2.55. The van der Waals surface area contributed by atoms with Crippen LogP contribution in [0.5, 0.6) is 5.75 Å². The zero-order valence-corrected chi connectivity index (χ0v) is 16.8. The summed E-state index contributed by atoms with van der Waals surface area (Å²) in [5, 5.41) is 12.0. The number of aromatic nitrogens is 2. The van der Waals surface area contributed by atoms with Crippen LogP contribution < -0.4 is 10.1 Å². The van der Waals surface area contributed by atoms with E-state index in [1.54, 1.807) is 7.11 Å². The van der Waals surface area contributed by atoms with E-state index in [0.717, 1.165) is 42.6 Å². The van der Waals surface area contributed by atoms with E-state index in [9.17, 15) is 4.79 Å². The Kier molecular flexibility index (Phi) is 4.57. The van der Waals surface area contributed by atoms with Crippen LogP contribution in [0.4, 0.5) is 0 Å². The van der Waals surface area contributed by atoms with Crippen molar-refractivity contribution in [2.75, 3.05) is 12.9 Å². The third-order valence-corrected chi connectivity index (χ3v) is 7.33. The van der Waals surface area contributed by atoms with Gasteiger partial charge >= 0.3 is 0 Å². The lowest BCUT2D eigenvalue weighted by atomic mass is 9.53. The molecule has 0 spiro atoms. The molecular formula is C21H25N3O3S. The smallest absolute Gasteiger partial charge is 0.277 e. The third kappa shape index (κ3) is 3.41. The lowest BCUT2D eigenvalue weighted by Gasteiger charge is -2.56. The molecular weight excluding hydrogens is 374 g/mol. The van der Waals surface area contributed by atoms with Crippen LogP contribution in [0.15, 0.2) is 33.9 Å². The Labute approximate surface area is 168 Å². The molecule has 4 fully saturated rings. The summed E-state index contributed by atoms with van der Waals surface area (Å²) in [6.45, 7) is 0. The SMILES string of the molecule is COc1ccccc1-c1nnc(SCC(=O)NC23CC4CC(CC(C4)C2)C3)o1. The summed E-state index contributed by atoms with van der Waals surface area (Å²) in [6, 6.07) is 7.52. The van der Waals surface area contributed by atoms with Crippen molar-refractivity contribution in [3.8, 4) is 17.2 Å². The van der Waals surface area contributed by atoms with E-state index in [1.165, 1.54) is 31.0 Å². The van der Waals surface area contributed by atoms with Crippen LogP contribution in [-0.4, -0.2) is 34.5 Å². The lowest BCUT2D eigenvalue weighted by Crippen LogP contribution is -2.60. The lowest BCUT2D eigenvalue weighted by molar-refractivity contribution is -0.124. The van der Waals surface area contributed by atoms with E-state index in [-0.39, 0.29) is 11.4 Å². The fraction of sp³-hybridized carbons (Fsp3) is 0.571. The minimum atomic E-state index is 0.0454. The van der Waals surface area contributed by atoms with Gasteiger partial charge in [-0.15, -0.1) is 10.2 Å². The molecule has 6 nitrogen and oxygen atoms in total. The van der Waals surface area contributed by atoms with Crippen molar-refractivity contribution in [2.45, 2.75) is 49.3 Å². The summed E-state index contributed by atoms with van der Waals surface area (Å²) >= 11 is 1.29. The summed E-state index contributed by atoms with van der Waals surface area (Å²) in [5.41, 5.74) is 0.798. The molecule has 0 aliphatic heterocycles. The van der Waals surface area contributed by atoms with Gasteiger partial charge in [-0.05, 0) is 68.4 Å². The Morgan fingerprint density at radius 1 is 1.18 bits per heavy atom. The molecule has 1 aromatic heterocycles. The second-order valence-corrected chi connectivity index (χ2v) is 9.53. The maximum Gasteiger partial charge on any atom is 0.277 e. The minimum absolute atomic E-state index is 0.0454. The van der Waals surface area contributed by atoms with Crippen LogP contribution in [0.1, 0.15) is 38.5 Å². The number of nitrogens with one attached hydrogen (secondary N) is 1. The molecule has 0 saturated heterocycles. The van der Waals surface area contributed by atoms with E-state index in [2.05, 4.69) is 15.5 Å². The molecule has 2 aromatic rings. The van der Waals surface area contributed by atoms with Gasteiger partial charge in [-0.25, -0.2) is 0 Å². The molecule has 6 rings (SSSR count). The molecule has 4 aliphatic carbocycles. The number of benzene rings is 1. The number of carbonyl (C=O) groups is 1. The van der Waals surface area contributed by atoms with E-state index >= 15 is 0 Å². The summed E-state index contributed by atoms with van der Waals surface area (Å²) in [6.07, 6.45) is 7.60. The summed E-state index contributed by atoms with van der Waals surface area (Å²) in [4.78, 5) is 12.6. The number of para-hydroxylation sites is 1. The number of thioether (sulfide) groups is 1. The van der Waals surface area contributed by atoms with Gasteiger partial charge in [0.25, 0.3) is 11.1 Å². The average Bonchev–Trinajstić information content (AvgIpc) is 3.14. The Bertz CT molecular complexity index is 846. The first-order valence-corrected chi connectivity index (χ1v) is 11.0. The molecule has 4 bridgehead atoms. The maximum absolute atomic E-state index is 12.6. The summed E-state index contributed by atoms with van der Waals surface area (Å²) in [7, 11) is 1.61. The Morgan fingerprint density at radius 3 is 2.54 bits per heavy atom. The van der Waals surface area contributed by atoms with Crippen molar-refractivity contribution in [3.63, 3.8) is 0 Å². The highest BCUT2D eigenvalue weighted by atomic mass is 32.2. The molecule has 1 heterocycles. The van der Waals surface area contributed by atoms with Gasteiger partial charge in [0.1, 0.15) is 5.75 Å². The van der Waals surface area contributed by atoms with Crippen LogP contribution in [0.2, 0.25) is 0 Å². The van der Waals surface area contributed by atoms with Gasteiger partial charge in [-0.3, -0.25) is 4.79 Å². The topological polar surface area (TPSA) is 77.2 Å². The van der Waals surface area contributed by atoms with Gasteiger partial charge < -0.3 is 14.5 Å². The minimum Gasteiger partial charge on any atom is -0.496 e. The number of nitrogens with zero attached hydrogens (tertiary/aromatic N) is 2. The fourth-order valence-electron chi connectivity index (χ4n) is 5.92. The number of amides is 1. The predicted molar refractivity (Wildman–Crippen MR) is 106 cm³/mol. The average molecular weight is 400 g/mol. The zero-order valence-electron chi connectivity index (χ0n) is 16.0. The number of rotatable bonds is 6. The summed E-state index contributed by atoms with van der Waals surface area (Å²) in [5.74, 6) is 3.92. The largest absolute Gasteiger partial charge is 0.496 e. The molecule has 4 saturated carbocycles. The number of methoxy groups -OCH3 is 1.